The van der Waals surface area contributed by atoms with Crippen LogP contribution in [0.3, 0.4) is 0 Å². The molecule has 1 unspecified atom stereocenters. The molecule has 1 spiro atoms. The van der Waals surface area contributed by atoms with Gasteiger partial charge in [0.15, 0.2) is 28.5 Å². The molecule has 1 aromatic carbocycles. The summed E-state index contributed by atoms with van der Waals surface area (Å²) in [6, 6.07) is 8.51. The van der Waals surface area contributed by atoms with Crippen molar-refractivity contribution in [1.82, 2.24) is 9.55 Å². The Balaban J connectivity index is 2.03. The Kier molecular flexibility index (Phi) is 8.77. The van der Waals surface area contributed by atoms with Gasteiger partial charge in [0.1, 0.15) is 17.1 Å². The van der Waals surface area contributed by atoms with Gasteiger partial charge in [-0.15, -0.1) is 0 Å². The molecule has 244 valence electrons. The number of benzene rings is 1. The maximum Gasteiger partial charge on any atom is 0.330 e. The number of H-pyrrole nitrogens is 1. The highest BCUT2D eigenvalue weighted by Gasteiger charge is 2.69. The third-order valence-corrected chi connectivity index (χ3v) is 20.1. The van der Waals surface area contributed by atoms with Gasteiger partial charge >= 0.3 is 15.8 Å². The number of nitrogens with one attached hydrogen (secondary N) is 1. The summed E-state index contributed by atoms with van der Waals surface area (Å²) in [4.78, 5) is 27.8. The molecule has 2 aliphatic rings. The van der Waals surface area contributed by atoms with E-state index in [4.69, 9.17) is 23.5 Å². The molecule has 14 heteroatoms. The van der Waals surface area contributed by atoms with Gasteiger partial charge < -0.3 is 19.3 Å². The summed E-state index contributed by atoms with van der Waals surface area (Å²) in [5.41, 5.74) is 4.33. The first-order valence-corrected chi connectivity index (χ1v) is 22.0. The summed E-state index contributed by atoms with van der Waals surface area (Å²) in [6.45, 7) is 22.1. The van der Waals surface area contributed by atoms with Crippen LogP contribution in [0.25, 0.3) is 4.91 Å². The number of hydrogen-bond acceptors (Lipinski definition) is 9. The number of aromatic amines is 1. The van der Waals surface area contributed by atoms with E-state index in [1.165, 1.54) is 10.8 Å². The molecule has 44 heavy (non-hydrogen) atoms. The Hall–Kier alpha value is -2.34. The van der Waals surface area contributed by atoms with Crippen LogP contribution < -0.4 is 17.0 Å². The van der Waals surface area contributed by atoms with Crippen LogP contribution in [0.5, 0.6) is 0 Å². The average molecular weight is 666 g/mol. The third kappa shape index (κ3) is 5.85. The monoisotopic (exact) mass is 665 g/mol. The fraction of sp³-hybridized carbons (Fsp3) is 0.600. The van der Waals surface area contributed by atoms with Crippen LogP contribution in [-0.2, 0) is 27.9 Å². The first kappa shape index (κ1) is 34.5. The molecular weight excluding hydrogens is 619 g/mol. The smallest absolute Gasteiger partial charge is 0.330 e. The summed E-state index contributed by atoms with van der Waals surface area (Å²) < 4.78 is 55.5. The van der Waals surface area contributed by atoms with Crippen molar-refractivity contribution in [3.05, 3.63) is 74.2 Å². The Morgan fingerprint density at radius 1 is 1.00 bits per heavy atom. The van der Waals surface area contributed by atoms with E-state index in [1.54, 1.807) is 37.3 Å². The molecule has 0 saturated carbocycles. The van der Waals surface area contributed by atoms with E-state index in [0.29, 0.717) is 5.56 Å². The van der Waals surface area contributed by atoms with Crippen LogP contribution in [0.15, 0.2) is 51.8 Å². The number of ether oxygens (including phenoxy) is 1. The normalized spacial score (nSPS) is 26.1. The number of nitrogens with zero attached hydrogens (tertiary/aromatic N) is 1. The second-order valence-corrected chi connectivity index (χ2v) is 25.9. The Morgan fingerprint density at radius 2 is 1.57 bits per heavy atom. The summed E-state index contributed by atoms with van der Waals surface area (Å²) >= 11 is 0. The average Bonchev–Trinajstić information content (AvgIpc) is 3.28. The van der Waals surface area contributed by atoms with Gasteiger partial charge in [-0.25, -0.2) is 8.98 Å². The molecule has 0 aliphatic carbocycles. The van der Waals surface area contributed by atoms with Crippen LogP contribution in [0.2, 0.25) is 36.3 Å². The SMILES string of the molecule is Cc1cn([C@@H]2O[C@H](CO[Si](C)(C)C(C)(C)C)C3(OS(=O)(=O)C(c4ccccc4)=C3N)[C@H]2O[Si](C)(C)C(C)(C)C)c(=O)[nH]c1=O. The van der Waals surface area contributed by atoms with Crippen molar-refractivity contribution in [2.75, 3.05) is 6.61 Å². The van der Waals surface area contributed by atoms with Crippen LogP contribution in [0, 0.1) is 6.92 Å². The van der Waals surface area contributed by atoms with E-state index in [0.717, 1.165) is 0 Å². The van der Waals surface area contributed by atoms with E-state index < -0.39 is 62.0 Å². The van der Waals surface area contributed by atoms with Crippen molar-refractivity contribution in [2.45, 2.75) is 109 Å². The molecule has 4 rings (SSSR count). The minimum Gasteiger partial charge on any atom is -0.414 e. The molecule has 4 atom stereocenters. The predicted molar refractivity (Wildman–Crippen MR) is 175 cm³/mol. The van der Waals surface area contributed by atoms with Gasteiger partial charge in [0.25, 0.3) is 5.56 Å². The van der Waals surface area contributed by atoms with E-state index in [-0.39, 0.29) is 32.8 Å². The molecule has 2 aliphatic heterocycles. The molecule has 3 heterocycles. The largest absolute Gasteiger partial charge is 0.414 e. The van der Waals surface area contributed by atoms with Gasteiger partial charge in [-0.2, -0.15) is 8.42 Å². The number of nitrogens with two attached hydrogens (primary N) is 1. The molecular formula is C30H47N3O8SSi2. The number of aromatic nitrogens is 2. The van der Waals surface area contributed by atoms with Crippen molar-refractivity contribution in [1.29, 1.82) is 0 Å². The lowest BCUT2D eigenvalue weighted by Gasteiger charge is -2.43. The van der Waals surface area contributed by atoms with E-state index in [1.807, 2.05) is 33.9 Å². The second kappa shape index (κ2) is 11.2. The van der Waals surface area contributed by atoms with Crippen LogP contribution in [-0.4, -0.2) is 59.0 Å². The minimum atomic E-state index is -4.43. The number of hydrogen-bond donors (Lipinski definition) is 2. The van der Waals surface area contributed by atoms with Gasteiger partial charge in [0.05, 0.1) is 12.3 Å². The van der Waals surface area contributed by atoms with Crippen LogP contribution in [0.1, 0.15) is 58.9 Å². The van der Waals surface area contributed by atoms with Gasteiger partial charge in [-0.05, 0) is 48.8 Å². The second-order valence-electron chi connectivity index (χ2n) is 14.8. The quantitative estimate of drug-likeness (QED) is 0.320. The van der Waals surface area contributed by atoms with Crippen molar-refractivity contribution in [3.63, 3.8) is 0 Å². The fourth-order valence-corrected chi connectivity index (χ4v) is 8.80. The topological polar surface area (TPSA) is 152 Å². The van der Waals surface area contributed by atoms with Crippen molar-refractivity contribution < 1.29 is 26.2 Å². The molecule has 1 aromatic heterocycles. The minimum absolute atomic E-state index is 0.0697. The molecule has 11 nitrogen and oxygen atoms in total. The number of rotatable bonds is 7. The molecule has 1 saturated heterocycles. The molecule has 1 fully saturated rings. The number of aryl methyl sites for hydroxylation is 1. The first-order chi connectivity index (χ1) is 20.0. The Morgan fingerprint density at radius 3 is 2.11 bits per heavy atom. The lowest BCUT2D eigenvalue weighted by Crippen LogP contribution is -2.59. The van der Waals surface area contributed by atoms with Crippen LogP contribution in [0.4, 0.5) is 0 Å². The van der Waals surface area contributed by atoms with Gasteiger partial charge in [0, 0.05) is 11.8 Å². The van der Waals surface area contributed by atoms with Gasteiger partial charge in [0.2, 0.25) is 0 Å². The zero-order valence-corrected chi connectivity index (χ0v) is 30.4. The zero-order chi connectivity index (χ0) is 33.3. The van der Waals surface area contributed by atoms with Crippen LogP contribution >= 0.6 is 0 Å². The summed E-state index contributed by atoms with van der Waals surface area (Å²) in [5, 5.41) is -0.486. The molecule has 0 bridgehead atoms. The summed E-state index contributed by atoms with van der Waals surface area (Å²) in [6.07, 6.45) is -2.11. The van der Waals surface area contributed by atoms with Gasteiger partial charge in [-0.1, -0.05) is 71.9 Å². The maximum atomic E-state index is 13.9. The zero-order valence-electron chi connectivity index (χ0n) is 27.6. The van der Waals surface area contributed by atoms with E-state index >= 15 is 0 Å². The highest BCUT2D eigenvalue weighted by molar-refractivity contribution is 7.96. The highest BCUT2D eigenvalue weighted by Crippen LogP contribution is 2.55. The first-order valence-electron chi connectivity index (χ1n) is 14.8. The summed E-state index contributed by atoms with van der Waals surface area (Å²) in [7, 11) is -9.56. The highest BCUT2D eigenvalue weighted by atomic mass is 32.2. The van der Waals surface area contributed by atoms with E-state index in [2.05, 4.69) is 38.8 Å². The van der Waals surface area contributed by atoms with Crippen molar-refractivity contribution in [2.24, 2.45) is 5.73 Å². The third-order valence-electron chi connectivity index (χ3n) is 9.71. The molecule has 3 N–H and O–H groups in total. The van der Waals surface area contributed by atoms with Crippen molar-refractivity contribution >= 4 is 31.7 Å². The standard InChI is InChI=1S/C30H47N3O8SSi2/c1-19-17-33(27(35)32-25(19)34)26-24(40-44(10,11)29(5,6)7)30(21(39-26)18-38-43(8,9)28(2,3)4)23(31)22(42(36,37)41-30)20-15-13-12-14-16-20/h12-17,21,24,26H,18,31H2,1-11H3,(H,32,34,35)/t21-,24+,26-,30?/m1/s1. The molecule has 2 aromatic rings. The van der Waals surface area contributed by atoms with Crippen molar-refractivity contribution in [3.8, 4) is 0 Å². The fourth-order valence-electron chi connectivity index (χ4n) is 4.92. The molecule has 0 radical (unpaired) electrons. The molecule has 0 amide bonds. The van der Waals surface area contributed by atoms with Gasteiger partial charge in [-0.3, -0.25) is 14.3 Å². The predicted octanol–water partition coefficient (Wildman–Crippen LogP) is 4.58. The summed E-state index contributed by atoms with van der Waals surface area (Å²) in [5.74, 6) is 0. The lowest BCUT2D eigenvalue weighted by atomic mass is 9.87. The Labute approximate surface area is 262 Å². The lowest BCUT2D eigenvalue weighted by molar-refractivity contribution is -0.0563. The maximum absolute atomic E-state index is 13.9. The van der Waals surface area contributed by atoms with E-state index in [9.17, 15) is 18.0 Å². The Bertz CT molecular complexity index is 1670.